The summed E-state index contributed by atoms with van der Waals surface area (Å²) in [7, 11) is 1.53. The second-order valence-electron chi connectivity index (χ2n) is 4.87. The van der Waals surface area contributed by atoms with Crippen molar-refractivity contribution in [1.82, 2.24) is 5.32 Å². The molecule has 1 aromatic rings. The van der Waals surface area contributed by atoms with Crippen LogP contribution >= 0.6 is 0 Å². The fourth-order valence-corrected chi connectivity index (χ4v) is 2.45. The monoisotopic (exact) mass is 263 g/mol. The molecule has 0 aliphatic heterocycles. The van der Waals surface area contributed by atoms with Gasteiger partial charge in [-0.05, 0) is 24.8 Å². The van der Waals surface area contributed by atoms with Crippen LogP contribution in [0.1, 0.15) is 24.8 Å². The molecule has 0 saturated heterocycles. The molecule has 0 spiro atoms. The number of hydrogen-bond acceptors (Lipinski definition) is 3. The van der Waals surface area contributed by atoms with Crippen LogP contribution < -0.4 is 5.32 Å². The van der Waals surface area contributed by atoms with Crippen molar-refractivity contribution < 1.29 is 14.3 Å². The molecule has 1 saturated carbocycles. The highest BCUT2D eigenvalue weighted by Gasteiger charge is 2.29. The van der Waals surface area contributed by atoms with Crippen LogP contribution in [0.25, 0.3) is 0 Å². The van der Waals surface area contributed by atoms with E-state index in [-0.39, 0.29) is 24.7 Å². The Morgan fingerprint density at radius 1 is 1.32 bits per heavy atom. The Balaban J connectivity index is 1.80. The van der Waals surface area contributed by atoms with Crippen molar-refractivity contribution in [3.8, 4) is 0 Å². The number of nitrogens with one attached hydrogen (secondary N) is 1. The molecule has 104 valence electrons. The van der Waals surface area contributed by atoms with Gasteiger partial charge in [0.05, 0.1) is 18.8 Å². The average molecular weight is 263 g/mol. The molecule has 19 heavy (non-hydrogen) atoms. The molecular weight excluding hydrogens is 242 g/mol. The molecule has 2 unspecified atom stereocenters. The molecule has 1 fully saturated rings. The summed E-state index contributed by atoms with van der Waals surface area (Å²) in [5, 5.41) is 2.98. The SMILES string of the molecule is COCC(=O)NC1CCCC1OCc1ccccc1. The summed E-state index contributed by atoms with van der Waals surface area (Å²) in [6, 6.07) is 10.2. The zero-order chi connectivity index (χ0) is 13.5. The van der Waals surface area contributed by atoms with Gasteiger partial charge in [0.2, 0.25) is 5.91 Å². The first kappa shape index (κ1) is 14.0. The molecule has 0 heterocycles. The van der Waals surface area contributed by atoms with Crippen LogP contribution in [-0.4, -0.2) is 31.8 Å². The predicted octanol–water partition coefficient (Wildman–Crippen LogP) is 1.89. The summed E-state index contributed by atoms with van der Waals surface area (Å²) < 4.78 is 10.8. The highest BCUT2D eigenvalue weighted by molar-refractivity contribution is 5.77. The van der Waals surface area contributed by atoms with E-state index in [4.69, 9.17) is 9.47 Å². The highest BCUT2D eigenvalue weighted by Crippen LogP contribution is 2.23. The van der Waals surface area contributed by atoms with Gasteiger partial charge in [-0.1, -0.05) is 30.3 Å². The normalized spacial score (nSPS) is 22.4. The van der Waals surface area contributed by atoms with Crippen molar-refractivity contribution in [3.05, 3.63) is 35.9 Å². The van der Waals surface area contributed by atoms with Gasteiger partial charge in [0, 0.05) is 7.11 Å². The summed E-state index contributed by atoms with van der Waals surface area (Å²) >= 11 is 0. The second-order valence-corrected chi connectivity index (χ2v) is 4.87. The molecule has 4 heteroatoms. The lowest BCUT2D eigenvalue weighted by Gasteiger charge is -2.21. The maximum absolute atomic E-state index is 11.5. The van der Waals surface area contributed by atoms with Gasteiger partial charge in [0.15, 0.2) is 0 Å². The largest absolute Gasteiger partial charge is 0.375 e. The minimum atomic E-state index is -0.0669. The maximum Gasteiger partial charge on any atom is 0.246 e. The zero-order valence-electron chi connectivity index (χ0n) is 11.3. The van der Waals surface area contributed by atoms with E-state index < -0.39 is 0 Å². The molecule has 2 atom stereocenters. The third-order valence-electron chi connectivity index (χ3n) is 3.38. The zero-order valence-corrected chi connectivity index (χ0v) is 11.3. The van der Waals surface area contributed by atoms with E-state index in [9.17, 15) is 4.79 Å². The number of amides is 1. The van der Waals surface area contributed by atoms with Crippen molar-refractivity contribution in [2.45, 2.75) is 38.0 Å². The maximum atomic E-state index is 11.5. The van der Waals surface area contributed by atoms with E-state index in [0.717, 1.165) is 24.8 Å². The number of carbonyl (C=O) groups excluding carboxylic acids is 1. The lowest BCUT2D eigenvalue weighted by Crippen LogP contribution is -2.42. The molecule has 1 aliphatic rings. The Morgan fingerprint density at radius 3 is 2.84 bits per heavy atom. The lowest BCUT2D eigenvalue weighted by atomic mass is 10.2. The number of benzene rings is 1. The molecule has 0 aromatic heterocycles. The Kier molecular flexibility index (Phi) is 5.36. The number of ether oxygens (including phenoxy) is 2. The fourth-order valence-electron chi connectivity index (χ4n) is 2.45. The van der Waals surface area contributed by atoms with E-state index >= 15 is 0 Å². The number of carbonyl (C=O) groups is 1. The first-order valence-electron chi connectivity index (χ1n) is 6.73. The third kappa shape index (κ3) is 4.33. The van der Waals surface area contributed by atoms with E-state index in [2.05, 4.69) is 5.32 Å². The van der Waals surface area contributed by atoms with Crippen LogP contribution in [0.5, 0.6) is 0 Å². The Morgan fingerprint density at radius 2 is 2.11 bits per heavy atom. The van der Waals surface area contributed by atoms with Crippen molar-refractivity contribution in [1.29, 1.82) is 0 Å². The van der Waals surface area contributed by atoms with Gasteiger partial charge in [-0.2, -0.15) is 0 Å². The van der Waals surface area contributed by atoms with Crippen molar-refractivity contribution in [2.75, 3.05) is 13.7 Å². The second kappa shape index (κ2) is 7.26. The van der Waals surface area contributed by atoms with Gasteiger partial charge in [0.25, 0.3) is 0 Å². The smallest absolute Gasteiger partial charge is 0.246 e. The van der Waals surface area contributed by atoms with E-state index in [1.165, 1.54) is 7.11 Å². The summed E-state index contributed by atoms with van der Waals surface area (Å²) in [4.78, 5) is 11.5. The van der Waals surface area contributed by atoms with Crippen molar-refractivity contribution in [2.24, 2.45) is 0 Å². The number of hydrogen-bond donors (Lipinski definition) is 1. The van der Waals surface area contributed by atoms with Crippen LogP contribution in [0.2, 0.25) is 0 Å². The Bertz CT molecular complexity index is 394. The van der Waals surface area contributed by atoms with E-state index in [1.807, 2.05) is 30.3 Å². The number of methoxy groups -OCH3 is 1. The molecule has 1 aromatic carbocycles. The molecular formula is C15H21NO3. The molecule has 1 N–H and O–H groups in total. The Labute approximate surface area is 114 Å². The van der Waals surface area contributed by atoms with Crippen molar-refractivity contribution >= 4 is 5.91 Å². The van der Waals surface area contributed by atoms with Gasteiger partial charge >= 0.3 is 0 Å². The third-order valence-corrected chi connectivity index (χ3v) is 3.38. The minimum Gasteiger partial charge on any atom is -0.375 e. The minimum absolute atomic E-state index is 0.0669. The van der Waals surface area contributed by atoms with Crippen LogP contribution in [0.3, 0.4) is 0 Å². The predicted molar refractivity (Wildman–Crippen MR) is 72.7 cm³/mol. The standard InChI is InChI=1S/C15H21NO3/c1-18-11-15(17)16-13-8-5-9-14(13)19-10-12-6-3-2-4-7-12/h2-4,6-7,13-14H,5,8-11H2,1H3,(H,16,17). The van der Waals surface area contributed by atoms with Crippen LogP contribution in [0.4, 0.5) is 0 Å². The van der Waals surface area contributed by atoms with Crippen molar-refractivity contribution in [3.63, 3.8) is 0 Å². The summed E-state index contributed by atoms with van der Waals surface area (Å²) in [6.07, 6.45) is 3.19. The van der Waals surface area contributed by atoms with E-state index in [1.54, 1.807) is 0 Å². The van der Waals surface area contributed by atoms with Gasteiger partial charge in [-0.25, -0.2) is 0 Å². The molecule has 1 amide bonds. The summed E-state index contributed by atoms with van der Waals surface area (Å²) in [5.41, 5.74) is 1.16. The molecule has 0 radical (unpaired) electrons. The summed E-state index contributed by atoms with van der Waals surface area (Å²) in [5.74, 6) is -0.0669. The average Bonchev–Trinajstić information content (AvgIpc) is 2.85. The van der Waals surface area contributed by atoms with Gasteiger partial charge < -0.3 is 14.8 Å². The molecule has 0 bridgehead atoms. The van der Waals surface area contributed by atoms with Gasteiger partial charge in [0.1, 0.15) is 6.61 Å². The first-order chi connectivity index (χ1) is 9.29. The highest BCUT2D eigenvalue weighted by atomic mass is 16.5. The topological polar surface area (TPSA) is 47.6 Å². The molecule has 2 rings (SSSR count). The molecule has 4 nitrogen and oxygen atoms in total. The molecule has 1 aliphatic carbocycles. The van der Waals surface area contributed by atoms with E-state index in [0.29, 0.717) is 6.61 Å². The fraction of sp³-hybridized carbons (Fsp3) is 0.533. The first-order valence-corrected chi connectivity index (χ1v) is 6.73. The van der Waals surface area contributed by atoms with Gasteiger partial charge in [-0.15, -0.1) is 0 Å². The van der Waals surface area contributed by atoms with Crippen LogP contribution in [0, 0.1) is 0 Å². The van der Waals surface area contributed by atoms with Gasteiger partial charge in [-0.3, -0.25) is 4.79 Å². The summed E-state index contributed by atoms with van der Waals surface area (Å²) in [6.45, 7) is 0.712. The van der Waals surface area contributed by atoms with Crippen LogP contribution in [-0.2, 0) is 20.9 Å². The van der Waals surface area contributed by atoms with Crippen LogP contribution in [0.15, 0.2) is 30.3 Å². The Hall–Kier alpha value is -1.39. The lowest BCUT2D eigenvalue weighted by molar-refractivity contribution is -0.126. The quantitative estimate of drug-likeness (QED) is 0.852. The number of rotatable bonds is 6.